The molecule has 1 aliphatic rings. The third-order valence-electron chi connectivity index (χ3n) is 3.43. The molecule has 0 radical (unpaired) electrons. The standard InChI is InChI=1S/C16H12N2O4S2/c1-2-17-15(19)14(24-16(17)23)9-12-6-7-13(22-12)10-4-3-5-11(8-10)18(20)21/h3-9H,2H2,1H3. The molecule has 0 atom stereocenters. The number of nitro benzene ring substituents is 1. The highest BCUT2D eigenvalue weighted by Crippen LogP contribution is 2.33. The van der Waals surface area contributed by atoms with Crippen molar-refractivity contribution in [3.8, 4) is 11.3 Å². The summed E-state index contributed by atoms with van der Waals surface area (Å²) in [6.07, 6.45) is 1.63. The molecule has 1 saturated heterocycles. The molecule has 1 fully saturated rings. The average molecular weight is 360 g/mol. The normalized spacial score (nSPS) is 16.2. The second kappa shape index (κ2) is 6.58. The van der Waals surface area contributed by atoms with Crippen molar-refractivity contribution >= 4 is 46.0 Å². The first-order chi connectivity index (χ1) is 11.5. The number of carbonyl (C=O) groups excluding carboxylic acids is 1. The van der Waals surface area contributed by atoms with Crippen LogP contribution in [0.25, 0.3) is 17.4 Å². The number of nitrogens with zero attached hydrogens (tertiary/aromatic N) is 2. The molecule has 1 aliphatic heterocycles. The Morgan fingerprint density at radius 2 is 2.17 bits per heavy atom. The Labute approximate surface area is 147 Å². The number of amides is 1. The van der Waals surface area contributed by atoms with E-state index in [0.717, 1.165) is 0 Å². The molecule has 0 saturated carbocycles. The fourth-order valence-electron chi connectivity index (χ4n) is 2.26. The van der Waals surface area contributed by atoms with Crippen molar-refractivity contribution in [1.82, 2.24) is 4.90 Å². The largest absolute Gasteiger partial charge is 0.457 e. The van der Waals surface area contributed by atoms with E-state index in [1.165, 1.54) is 28.8 Å². The van der Waals surface area contributed by atoms with Gasteiger partial charge < -0.3 is 4.42 Å². The van der Waals surface area contributed by atoms with Gasteiger partial charge in [-0.3, -0.25) is 19.8 Å². The maximum Gasteiger partial charge on any atom is 0.270 e. The summed E-state index contributed by atoms with van der Waals surface area (Å²) in [5, 5.41) is 10.9. The molecule has 0 bridgehead atoms. The maximum absolute atomic E-state index is 12.2. The second-order valence-corrected chi connectivity index (χ2v) is 6.61. The zero-order valence-electron chi connectivity index (χ0n) is 12.6. The molecular formula is C16H12N2O4S2. The Morgan fingerprint density at radius 1 is 1.38 bits per heavy atom. The van der Waals surface area contributed by atoms with Crippen LogP contribution in [0.2, 0.25) is 0 Å². The first-order valence-electron chi connectivity index (χ1n) is 7.09. The van der Waals surface area contributed by atoms with Crippen molar-refractivity contribution in [2.45, 2.75) is 6.92 Å². The van der Waals surface area contributed by atoms with Gasteiger partial charge in [-0.2, -0.15) is 0 Å². The molecule has 1 amide bonds. The van der Waals surface area contributed by atoms with Gasteiger partial charge in [0.05, 0.1) is 9.83 Å². The minimum Gasteiger partial charge on any atom is -0.457 e. The molecule has 122 valence electrons. The number of likely N-dealkylation sites (N-methyl/N-ethyl adjacent to an activating group) is 1. The van der Waals surface area contributed by atoms with Crippen molar-refractivity contribution in [3.05, 3.63) is 57.2 Å². The maximum atomic E-state index is 12.2. The van der Waals surface area contributed by atoms with E-state index in [4.69, 9.17) is 16.6 Å². The van der Waals surface area contributed by atoms with Crippen LogP contribution in [-0.2, 0) is 4.79 Å². The van der Waals surface area contributed by atoms with Crippen LogP contribution in [0, 0.1) is 10.1 Å². The molecule has 0 aliphatic carbocycles. The summed E-state index contributed by atoms with van der Waals surface area (Å²) < 4.78 is 6.22. The third-order valence-corrected chi connectivity index (χ3v) is 4.81. The van der Waals surface area contributed by atoms with E-state index in [9.17, 15) is 14.9 Å². The van der Waals surface area contributed by atoms with Gasteiger partial charge in [-0.25, -0.2) is 0 Å². The van der Waals surface area contributed by atoms with E-state index >= 15 is 0 Å². The van der Waals surface area contributed by atoms with Gasteiger partial charge in [0.2, 0.25) is 0 Å². The van der Waals surface area contributed by atoms with Crippen LogP contribution in [0.15, 0.2) is 45.7 Å². The molecule has 2 heterocycles. The van der Waals surface area contributed by atoms with Crippen molar-refractivity contribution in [2.75, 3.05) is 6.54 Å². The van der Waals surface area contributed by atoms with Crippen LogP contribution in [0.3, 0.4) is 0 Å². The summed E-state index contributed by atoms with van der Waals surface area (Å²) in [6.45, 7) is 2.39. The summed E-state index contributed by atoms with van der Waals surface area (Å²) in [5.41, 5.74) is 0.597. The topological polar surface area (TPSA) is 76.6 Å². The van der Waals surface area contributed by atoms with Crippen LogP contribution in [-0.4, -0.2) is 26.6 Å². The molecule has 0 spiro atoms. The van der Waals surface area contributed by atoms with Crippen molar-refractivity contribution in [3.63, 3.8) is 0 Å². The van der Waals surface area contributed by atoms with Gasteiger partial charge in [0.15, 0.2) is 0 Å². The van der Waals surface area contributed by atoms with Crippen molar-refractivity contribution < 1.29 is 14.1 Å². The number of rotatable bonds is 4. The molecule has 3 rings (SSSR count). The number of hydrogen-bond acceptors (Lipinski definition) is 6. The fraction of sp³-hybridized carbons (Fsp3) is 0.125. The molecule has 24 heavy (non-hydrogen) atoms. The van der Waals surface area contributed by atoms with E-state index in [2.05, 4.69) is 0 Å². The van der Waals surface area contributed by atoms with Gasteiger partial charge in [0, 0.05) is 30.3 Å². The smallest absolute Gasteiger partial charge is 0.270 e. The number of thioether (sulfide) groups is 1. The molecular weight excluding hydrogens is 348 g/mol. The predicted molar refractivity (Wildman–Crippen MR) is 96.4 cm³/mol. The van der Waals surface area contributed by atoms with Gasteiger partial charge in [0.25, 0.3) is 11.6 Å². The van der Waals surface area contributed by atoms with Crippen LogP contribution >= 0.6 is 24.0 Å². The lowest BCUT2D eigenvalue weighted by Gasteiger charge is -2.09. The fourth-order valence-corrected chi connectivity index (χ4v) is 3.62. The Balaban J connectivity index is 1.88. The first-order valence-corrected chi connectivity index (χ1v) is 8.32. The number of non-ortho nitro benzene ring substituents is 1. The van der Waals surface area contributed by atoms with Gasteiger partial charge in [0.1, 0.15) is 15.8 Å². The molecule has 6 nitrogen and oxygen atoms in total. The van der Waals surface area contributed by atoms with Gasteiger partial charge in [-0.05, 0) is 19.1 Å². The summed E-state index contributed by atoms with van der Waals surface area (Å²) >= 11 is 6.40. The minimum atomic E-state index is -0.455. The highest BCUT2D eigenvalue weighted by Gasteiger charge is 2.30. The number of benzene rings is 1. The van der Waals surface area contributed by atoms with Crippen molar-refractivity contribution in [2.24, 2.45) is 0 Å². The summed E-state index contributed by atoms with van der Waals surface area (Å²) in [4.78, 5) is 24.6. The average Bonchev–Trinajstić information content (AvgIpc) is 3.13. The predicted octanol–water partition coefficient (Wildman–Crippen LogP) is 4.08. The minimum absolute atomic E-state index is 0.00531. The molecule has 8 heteroatoms. The number of thiocarbonyl (C=S) groups is 1. The third kappa shape index (κ3) is 3.10. The monoisotopic (exact) mass is 360 g/mol. The van der Waals surface area contributed by atoms with Gasteiger partial charge in [-0.15, -0.1) is 0 Å². The Bertz CT molecular complexity index is 872. The molecule has 2 aromatic rings. The lowest BCUT2D eigenvalue weighted by Crippen LogP contribution is -2.27. The zero-order chi connectivity index (χ0) is 17.3. The Kier molecular flexibility index (Phi) is 4.50. The lowest BCUT2D eigenvalue weighted by atomic mass is 10.1. The molecule has 1 aromatic heterocycles. The van der Waals surface area contributed by atoms with E-state index in [1.807, 2.05) is 6.92 Å². The quantitative estimate of drug-likeness (QED) is 0.354. The second-order valence-electron chi connectivity index (χ2n) is 4.94. The first kappa shape index (κ1) is 16.4. The van der Waals surface area contributed by atoms with Crippen LogP contribution in [0.4, 0.5) is 5.69 Å². The number of furan rings is 1. The van der Waals surface area contributed by atoms with E-state index < -0.39 is 4.92 Å². The van der Waals surface area contributed by atoms with Crippen LogP contribution in [0.1, 0.15) is 12.7 Å². The van der Waals surface area contributed by atoms with Gasteiger partial charge >= 0.3 is 0 Å². The number of carbonyl (C=O) groups is 1. The zero-order valence-corrected chi connectivity index (χ0v) is 14.2. The summed E-state index contributed by atoms with van der Waals surface area (Å²) in [5.74, 6) is 0.852. The van der Waals surface area contributed by atoms with Gasteiger partial charge in [-0.1, -0.05) is 36.1 Å². The Hall–Kier alpha value is -2.45. The van der Waals surface area contributed by atoms with E-state index in [-0.39, 0.29) is 11.6 Å². The van der Waals surface area contributed by atoms with E-state index in [0.29, 0.717) is 32.9 Å². The number of hydrogen-bond donors (Lipinski definition) is 0. The SMILES string of the molecule is CCN1C(=O)C(=Cc2ccc(-c3cccc([N+](=O)[O-])c3)o2)SC1=S. The van der Waals surface area contributed by atoms with E-state index in [1.54, 1.807) is 30.3 Å². The van der Waals surface area contributed by atoms with Crippen LogP contribution in [0.5, 0.6) is 0 Å². The lowest BCUT2D eigenvalue weighted by molar-refractivity contribution is -0.384. The highest BCUT2D eigenvalue weighted by atomic mass is 32.2. The highest BCUT2D eigenvalue weighted by molar-refractivity contribution is 8.26. The Morgan fingerprint density at radius 3 is 2.83 bits per heavy atom. The molecule has 0 N–H and O–H groups in total. The molecule has 0 unspecified atom stereocenters. The van der Waals surface area contributed by atoms with Crippen molar-refractivity contribution in [1.29, 1.82) is 0 Å². The number of nitro groups is 1. The summed E-state index contributed by atoms with van der Waals surface area (Å²) in [7, 11) is 0. The van der Waals surface area contributed by atoms with Crippen LogP contribution < -0.4 is 0 Å². The molecule has 1 aromatic carbocycles. The summed E-state index contributed by atoms with van der Waals surface area (Å²) in [6, 6.07) is 9.62.